The van der Waals surface area contributed by atoms with Crippen LogP contribution in [0.25, 0.3) is 27.8 Å². The van der Waals surface area contributed by atoms with Crippen molar-refractivity contribution >= 4 is 45.8 Å². The molecular weight excluding hydrogens is 549 g/mol. The Labute approximate surface area is 207 Å². The van der Waals surface area contributed by atoms with Gasteiger partial charge in [-0.3, -0.25) is 9.67 Å². The van der Waals surface area contributed by atoms with Gasteiger partial charge in [-0.05, 0) is 30.7 Å². The average molecular weight is 567 g/mol. The highest BCUT2D eigenvalue weighted by atomic mass is 127. The number of hydrogen-bond acceptors (Lipinski definition) is 8. The predicted octanol–water partition coefficient (Wildman–Crippen LogP) is 3.17. The number of carbonyl (C=O) groups excluding carboxylic acids is 1. The van der Waals surface area contributed by atoms with Gasteiger partial charge < -0.3 is 7.97 Å². The third-order valence-corrected chi connectivity index (χ3v) is 6.29. The number of halogens is 1. The Balaban J connectivity index is 1.25. The molecule has 0 atom stereocenters. The maximum Gasteiger partial charge on any atom is 0.419 e. The van der Waals surface area contributed by atoms with E-state index in [2.05, 4.69) is 42.5 Å². The molecule has 5 aromatic rings. The predicted molar refractivity (Wildman–Crippen MR) is 130 cm³/mol. The standard InChI is InChI=1S/C22H18IN9O2/c1-13-7-25-21-28-27-20(32(21)29-13)5-14-2-3-19-15(4-14)6-16(8-24-19)17-9-26-31(10-17)18-11-30(12-18)22(33)34-23/h2-4,6-10,18H,5,11-12H2,1H3. The summed E-state index contributed by atoms with van der Waals surface area (Å²) < 4.78 is 8.31. The third kappa shape index (κ3) is 3.73. The fourth-order valence-electron chi connectivity index (χ4n) is 4.07. The zero-order chi connectivity index (χ0) is 23.2. The topological polar surface area (TPSA) is 116 Å². The molecule has 0 bridgehead atoms. The van der Waals surface area contributed by atoms with E-state index in [0.717, 1.165) is 39.1 Å². The molecule has 0 N–H and O–H groups in total. The lowest BCUT2D eigenvalue weighted by Crippen LogP contribution is -2.50. The van der Waals surface area contributed by atoms with E-state index >= 15 is 0 Å². The van der Waals surface area contributed by atoms with Crippen LogP contribution in [0.15, 0.2) is 49.1 Å². The van der Waals surface area contributed by atoms with E-state index < -0.39 is 0 Å². The lowest BCUT2D eigenvalue weighted by Gasteiger charge is -2.37. The van der Waals surface area contributed by atoms with E-state index in [1.165, 1.54) is 0 Å². The summed E-state index contributed by atoms with van der Waals surface area (Å²) in [4.78, 5) is 22.1. The van der Waals surface area contributed by atoms with Crippen molar-refractivity contribution in [2.75, 3.05) is 13.1 Å². The normalized spacial score (nSPS) is 14.0. The summed E-state index contributed by atoms with van der Waals surface area (Å²) in [5, 5.41) is 18.4. The van der Waals surface area contributed by atoms with Crippen LogP contribution in [0.5, 0.6) is 0 Å². The molecule has 6 rings (SSSR count). The third-order valence-electron chi connectivity index (χ3n) is 5.92. The van der Waals surface area contributed by atoms with Gasteiger partial charge in [0.15, 0.2) is 28.8 Å². The Bertz CT molecular complexity index is 1540. The second kappa shape index (κ2) is 8.27. The number of likely N-dealkylation sites (tertiary alicyclic amines) is 1. The highest BCUT2D eigenvalue weighted by molar-refractivity contribution is 14.1. The van der Waals surface area contributed by atoms with E-state index in [-0.39, 0.29) is 12.1 Å². The van der Waals surface area contributed by atoms with Gasteiger partial charge in [-0.15, -0.1) is 10.2 Å². The fourth-order valence-corrected chi connectivity index (χ4v) is 4.35. The van der Waals surface area contributed by atoms with Crippen LogP contribution >= 0.6 is 23.0 Å². The van der Waals surface area contributed by atoms with E-state index in [9.17, 15) is 4.79 Å². The molecule has 0 unspecified atom stereocenters. The molecule has 170 valence electrons. The van der Waals surface area contributed by atoms with Crippen molar-refractivity contribution in [1.29, 1.82) is 0 Å². The maximum absolute atomic E-state index is 11.6. The van der Waals surface area contributed by atoms with Gasteiger partial charge in [0.25, 0.3) is 5.78 Å². The number of pyridine rings is 1. The van der Waals surface area contributed by atoms with E-state index in [1.807, 2.05) is 42.3 Å². The number of carbonyl (C=O) groups is 1. The zero-order valence-electron chi connectivity index (χ0n) is 18.0. The van der Waals surface area contributed by atoms with Crippen LogP contribution in [0.1, 0.15) is 23.1 Å². The summed E-state index contributed by atoms with van der Waals surface area (Å²) in [5.41, 5.74) is 4.75. The van der Waals surface area contributed by atoms with Gasteiger partial charge in [-0.25, -0.2) is 9.78 Å². The van der Waals surface area contributed by atoms with Crippen LogP contribution in [0.2, 0.25) is 0 Å². The van der Waals surface area contributed by atoms with Crippen LogP contribution in [0.4, 0.5) is 4.79 Å². The number of nitrogens with zero attached hydrogens (tertiary/aromatic N) is 9. The molecule has 0 saturated carbocycles. The minimum absolute atomic E-state index is 0.147. The Morgan fingerprint density at radius 1 is 1.12 bits per heavy atom. The minimum Gasteiger partial charge on any atom is -0.378 e. The molecule has 34 heavy (non-hydrogen) atoms. The summed E-state index contributed by atoms with van der Waals surface area (Å²) in [6.45, 7) is 3.06. The monoisotopic (exact) mass is 567 g/mol. The van der Waals surface area contributed by atoms with Gasteiger partial charge in [0.05, 0.1) is 29.6 Å². The number of aromatic nitrogens is 8. The summed E-state index contributed by atoms with van der Waals surface area (Å²) in [7, 11) is 0. The molecule has 1 aromatic carbocycles. The number of rotatable bonds is 4. The van der Waals surface area contributed by atoms with Gasteiger partial charge in [0.1, 0.15) is 0 Å². The van der Waals surface area contributed by atoms with Crippen LogP contribution in [0.3, 0.4) is 0 Å². The van der Waals surface area contributed by atoms with Crippen molar-refractivity contribution in [1.82, 2.24) is 44.5 Å². The average Bonchev–Trinajstić information content (AvgIpc) is 3.45. The number of fused-ring (bicyclic) bond motifs is 2. The summed E-state index contributed by atoms with van der Waals surface area (Å²) in [5.74, 6) is 1.22. The molecule has 4 aromatic heterocycles. The smallest absolute Gasteiger partial charge is 0.378 e. The molecule has 12 heteroatoms. The first-order valence-electron chi connectivity index (χ1n) is 10.6. The van der Waals surface area contributed by atoms with E-state index in [4.69, 9.17) is 3.07 Å². The summed E-state index contributed by atoms with van der Waals surface area (Å²) in [6, 6.07) is 8.42. The van der Waals surface area contributed by atoms with Gasteiger partial charge in [0, 0.05) is 48.4 Å². The Morgan fingerprint density at radius 2 is 2.00 bits per heavy atom. The number of amides is 1. The molecule has 0 aliphatic carbocycles. The van der Waals surface area contributed by atoms with Crippen LogP contribution in [-0.4, -0.2) is 63.6 Å². The van der Waals surface area contributed by atoms with Crippen molar-refractivity contribution in [2.24, 2.45) is 0 Å². The van der Waals surface area contributed by atoms with E-state index in [0.29, 0.717) is 25.3 Å². The largest absolute Gasteiger partial charge is 0.419 e. The van der Waals surface area contributed by atoms with E-state index in [1.54, 1.807) is 38.6 Å². The first kappa shape index (κ1) is 20.9. The van der Waals surface area contributed by atoms with Gasteiger partial charge in [0.2, 0.25) is 0 Å². The molecule has 1 aliphatic rings. The van der Waals surface area contributed by atoms with Crippen molar-refractivity contribution in [3.8, 4) is 11.1 Å². The summed E-state index contributed by atoms with van der Waals surface area (Å²) in [6.07, 6.45) is 7.62. The lowest BCUT2D eigenvalue weighted by molar-refractivity contribution is 0.0962. The number of benzene rings is 1. The van der Waals surface area contributed by atoms with Crippen molar-refractivity contribution < 1.29 is 7.86 Å². The molecule has 11 nitrogen and oxygen atoms in total. The van der Waals surface area contributed by atoms with Crippen LogP contribution in [-0.2, 0) is 9.49 Å². The lowest BCUT2D eigenvalue weighted by atomic mass is 10.0. The molecule has 5 heterocycles. The first-order valence-corrected chi connectivity index (χ1v) is 11.5. The van der Waals surface area contributed by atoms with Crippen LogP contribution < -0.4 is 0 Å². The highest BCUT2D eigenvalue weighted by Crippen LogP contribution is 2.27. The number of hydrogen-bond donors (Lipinski definition) is 0. The fraction of sp³-hybridized carbons (Fsp3) is 0.227. The Morgan fingerprint density at radius 3 is 2.85 bits per heavy atom. The molecule has 1 saturated heterocycles. The van der Waals surface area contributed by atoms with Crippen molar-refractivity contribution in [2.45, 2.75) is 19.4 Å². The van der Waals surface area contributed by atoms with Crippen molar-refractivity contribution in [3.63, 3.8) is 0 Å². The Hall–Kier alpha value is -3.68. The second-order valence-corrected chi connectivity index (χ2v) is 8.71. The second-order valence-electron chi connectivity index (χ2n) is 8.27. The number of aryl methyl sites for hydroxylation is 1. The van der Waals surface area contributed by atoms with Gasteiger partial charge >= 0.3 is 6.09 Å². The van der Waals surface area contributed by atoms with Crippen molar-refractivity contribution in [3.05, 3.63) is 66.1 Å². The summed E-state index contributed by atoms with van der Waals surface area (Å²) >= 11 is 1.60. The van der Waals surface area contributed by atoms with Gasteiger partial charge in [-0.1, -0.05) is 6.07 Å². The maximum atomic E-state index is 11.6. The molecule has 1 fully saturated rings. The molecule has 0 spiro atoms. The molecular formula is C22H18IN9O2. The minimum atomic E-state index is -0.319. The molecule has 0 radical (unpaired) electrons. The van der Waals surface area contributed by atoms with Crippen LogP contribution in [0, 0.1) is 6.92 Å². The highest BCUT2D eigenvalue weighted by Gasteiger charge is 2.33. The zero-order valence-corrected chi connectivity index (χ0v) is 20.2. The molecule has 1 amide bonds. The van der Waals surface area contributed by atoms with Gasteiger partial charge in [-0.2, -0.15) is 14.7 Å². The quantitative estimate of drug-likeness (QED) is 0.304. The SMILES string of the molecule is Cc1cnc2nnc(Cc3ccc4ncc(-c5cnn(C6CN(C(=O)OI)C6)c5)cc4c3)n2n1. The Kier molecular flexibility index (Phi) is 5.08. The first-order chi connectivity index (χ1) is 16.6. The molecule has 1 aliphatic heterocycles.